The Balaban J connectivity index is 1.76. The second-order valence-electron chi connectivity index (χ2n) is 6.42. The second-order valence-corrected chi connectivity index (χ2v) is 7.34. The minimum absolute atomic E-state index is 0.224. The summed E-state index contributed by atoms with van der Waals surface area (Å²) in [5.41, 5.74) is 2.93. The minimum atomic E-state index is -0.452. The first-order valence-corrected chi connectivity index (χ1v) is 8.79. The van der Waals surface area contributed by atoms with E-state index in [1.54, 1.807) is 0 Å². The number of carbonyl (C=O) groups is 1. The molecular formula is C19H19BrN2O. The summed E-state index contributed by atoms with van der Waals surface area (Å²) in [6.07, 6.45) is 1.99. The zero-order valence-corrected chi connectivity index (χ0v) is 14.7. The molecule has 2 aliphatic heterocycles. The highest BCUT2D eigenvalue weighted by Gasteiger charge is 2.55. The molecule has 0 bridgehead atoms. The van der Waals surface area contributed by atoms with Gasteiger partial charge in [-0.15, -0.1) is 0 Å². The molecule has 4 rings (SSSR count). The van der Waals surface area contributed by atoms with Crippen LogP contribution in [0.4, 0.5) is 5.69 Å². The summed E-state index contributed by atoms with van der Waals surface area (Å²) < 4.78 is 1.06. The number of likely N-dealkylation sites (tertiary alicyclic amines) is 1. The Morgan fingerprint density at radius 1 is 1.13 bits per heavy atom. The van der Waals surface area contributed by atoms with Gasteiger partial charge in [-0.25, -0.2) is 0 Å². The number of carbonyl (C=O) groups excluding carboxylic acids is 1. The van der Waals surface area contributed by atoms with Gasteiger partial charge in [0, 0.05) is 15.7 Å². The molecule has 1 atom stereocenters. The van der Waals surface area contributed by atoms with Crippen molar-refractivity contribution in [3.05, 3.63) is 64.1 Å². The van der Waals surface area contributed by atoms with Gasteiger partial charge in [0.25, 0.3) is 5.91 Å². The molecule has 2 aromatic rings. The molecule has 4 heteroatoms. The number of fused-ring (bicyclic) bond motifs is 2. The maximum atomic E-state index is 13.3. The van der Waals surface area contributed by atoms with Crippen LogP contribution in [0.15, 0.2) is 53.0 Å². The van der Waals surface area contributed by atoms with Crippen LogP contribution in [0, 0.1) is 0 Å². The molecule has 118 valence electrons. The van der Waals surface area contributed by atoms with Crippen molar-refractivity contribution < 1.29 is 4.79 Å². The topological polar surface area (TPSA) is 23.6 Å². The fourth-order valence-corrected chi connectivity index (χ4v) is 4.26. The Morgan fingerprint density at radius 2 is 1.87 bits per heavy atom. The summed E-state index contributed by atoms with van der Waals surface area (Å²) in [5.74, 6) is 0.224. The highest BCUT2D eigenvalue weighted by molar-refractivity contribution is 9.10. The number of likely N-dealkylation sites (N-methyl/N-ethyl adjacent to an activating group) is 1. The molecule has 1 amide bonds. The van der Waals surface area contributed by atoms with Crippen LogP contribution < -0.4 is 4.90 Å². The fourth-order valence-electron chi connectivity index (χ4n) is 4.00. The van der Waals surface area contributed by atoms with Crippen LogP contribution in [0.2, 0.25) is 0 Å². The molecule has 1 saturated heterocycles. The number of anilines is 1. The molecule has 0 aromatic heterocycles. The maximum Gasteiger partial charge on any atom is 0.252 e. The lowest BCUT2D eigenvalue weighted by Crippen LogP contribution is -2.47. The van der Waals surface area contributed by atoms with Gasteiger partial charge in [0.2, 0.25) is 0 Å². The predicted molar refractivity (Wildman–Crippen MR) is 95.3 cm³/mol. The molecule has 1 unspecified atom stereocenters. The van der Waals surface area contributed by atoms with Crippen LogP contribution in [0.25, 0.3) is 0 Å². The molecule has 0 aliphatic carbocycles. The van der Waals surface area contributed by atoms with Crippen LogP contribution in [0.3, 0.4) is 0 Å². The SMILES string of the molecule is CN1CCCC12C(=O)N(Cc1ccc(Br)cc1)c1ccccc12. The monoisotopic (exact) mass is 370 g/mol. The number of amides is 1. The number of hydrogen-bond acceptors (Lipinski definition) is 2. The molecule has 2 aliphatic rings. The van der Waals surface area contributed by atoms with Gasteiger partial charge >= 0.3 is 0 Å². The van der Waals surface area contributed by atoms with E-state index in [9.17, 15) is 4.79 Å². The second kappa shape index (κ2) is 5.46. The fraction of sp³-hybridized carbons (Fsp3) is 0.316. The third kappa shape index (κ3) is 2.16. The molecule has 1 fully saturated rings. The van der Waals surface area contributed by atoms with Crippen molar-refractivity contribution in [2.45, 2.75) is 24.9 Å². The first-order chi connectivity index (χ1) is 11.1. The van der Waals surface area contributed by atoms with E-state index in [1.165, 1.54) is 5.56 Å². The molecule has 0 radical (unpaired) electrons. The van der Waals surface area contributed by atoms with E-state index in [2.05, 4.69) is 52.1 Å². The van der Waals surface area contributed by atoms with E-state index in [1.807, 2.05) is 29.2 Å². The van der Waals surface area contributed by atoms with Crippen molar-refractivity contribution in [3.8, 4) is 0 Å². The smallest absolute Gasteiger partial charge is 0.252 e. The quantitative estimate of drug-likeness (QED) is 0.799. The van der Waals surface area contributed by atoms with Gasteiger partial charge in [-0.1, -0.05) is 46.3 Å². The predicted octanol–water partition coefficient (Wildman–Crippen LogP) is 3.92. The van der Waals surface area contributed by atoms with E-state index in [0.717, 1.165) is 35.1 Å². The van der Waals surface area contributed by atoms with E-state index < -0.39 is 5.54 Å². The average Bonchev–Trinajstić information content (AvgIpc) is 3.05. The lowest BCUT2D eigenvalue weighted by molar-refractivity contribution is -0.127. The van der Waals surface area contributed by atoms with Crippen LogP contribution in [-0.2, 0) is 16.9 Å². The summed E-state index contributed by atoms with van der Waals surface area (Å²) in [5, 5.41) is 0. The first kappa shape index (κ1) is 14.9. The molecule has 2 aromatic carbocycles. The Hall–Kier alpha value is -1.65. The largest absolute Gasteiger partial charge is 0.306 e. The zero-order valence-electron chi connectivity index (χ0n) is 13.1. The van der Waals surface area contributed by atoms with Gasteiger partial charge in [-0.2, -0.15) is 0 Å². The van der Waals surface area contributed by atoms with Crippen molar-refractivity contribution in [3.63, 3.8) is 0 Å². The minimum Gasteiger partial charge on any atom is -0.306 e. The highest BCUT2D eigenvalue weighted by atomic mass is 79.9. The Bertz CT molecular complexity index is 758. The van der Waals surface area contributed by atoms with Crippen molar-refractivity contribution in [2.75, 3.05) is 18.5 Å². The third-order valence-electron chi connectivity index (χ3n) is 5.18. The van der Waals surface area contributed by atoms with Gasteiger partial charge in [0.1, 0.15) is 5.54 Å². The standard InChI is InChI=1S/C19H19BrN2O/c1-21-12-4-11-19(21)16-5-2-3-6-17(16)22(18(19)23)13-14-7-9-15(20)10-8-14/h2-3,5-10H,4,11-13H2,1H3. The third-order valence-corrected chi connectivity index (χ3v) is 5.71. The van der Waals surface area contributed by atoms with Crippen molar-refractivity contribution in [2.24, 2.45) is 0 Å². The lowest BCUT2D eigenvalue weighted by Gasteiger charge is -2.31. The van der Waals surface area contributed by atoms with Crippen LogP contribution >= 0.6 is 15.9 Å². The number of benzene rings is 2. The lowest BCUT2D eigenvalue weighted by atomic mass is 9.89. The molecule has 0 N–H and O–H groups in total. The average molecular weight is 371 g/mol. The van der Waals surface area contributed by atoms with Crippen molar-refractivity contribution in [1.29, 1.82) is 0 Å². The van der Waals surface area contributed by atoms with Gasteiger partial charge in [-0.05, 0) is 50.2 Å². The number of nitrogens with zero attached hydrogens (tertiary/aromatic N) is 2. The molecule has 1 spiro atoms. The molecular weight excluding hydrogens is 352 g/mol. The summed E-state index contributed by atoms with van der Waals surface area (Å²) in [6.45, 7) is 1.60. The van der Waals surface area contributed by atoms with E-state index in [-0.39, 0.29) is 5.91 Å². The van der Waals surface area contributed by atoms with Crippen LogP contribution in [-0.4, -0.2) is 24.4 Å². The van der Waals surface area contributed by atoms with Gasteiger partial charge in [-0.3, -0.25) is 9.69 Å². The van der Waals surface area contributed by atoms with E-state index >= 15 is 0 Å². The molecule has 3 nitrogen and oxygen atoms in total. The molecule has 2 heterocycles. The van der Waals surface area contributed by atoms with E-state index in [0.29, 0.717) is 6.54 Å². The normalized spacial score (nSPS) is 23.7. The summed E-state index contributed by atoms with van der Waals surface area (Å²) in [6, 6.07) is 16.5. The summed E-state index contributed by atoms with van der Waals surface area (Å²) in [7, 11) is 2.07. The number of halogens is 1. The van der Waals surface area contributed by atoms with Gasteiger partial charge in [0.15, 0.2) is 0 Å². The Kier molecular flexibility index (Phi) is 3.54. The van der Waals surface area contributed by atoms with Gasteiger partial charge < -0.3 is 4.90 Å². The van der Waals surface area contributed by atoms with Crippen LogP contribution in [0.1, 0.15) is 24.0 Å². The Morgan fingerprint density at radius 3 is 2.57 bits per heavy atom. The van der Waals surface area contributed by atoms with E-state index in [4.69, 9.17) is 0 Å². The zero-order chi connectivity index (χ0) is 16.0. The molecule has 23 heavy (non-hydrogen) atoms. The number of para-hydroxylation sites is 1. The maximum absolute atomic E-state index is 13.3. The molecule has 0 saturated carbocycles. The Labute approximate surface area is 145 Å². The van der Waals surface area contributed by atoms with Crippen molar-refractivity contribution >= 4 is 27.5 Å². The highest BCUT2D eigenvalue weighted by Crippen LogP contribution is 2.49. The van der Waals surface area contributed by atoms with Gasteiger partial charge in [0.05, 0.1) is 6.54 Å². The summed E-state index contributed by atoms with van der Waals surface area (Å²) in [4.78, 5) is 17.5. The number of rotatable bonds is 2. The van der Waals surface area contributed by atoms with Crippen LogP contribution in [0.5, 0.6) is 0 Å². The van der Waals surface area contributed by atoms with Crippen molar-refractivity contribution in [1.82, 2.24) is 4.90 Å². The number of hydrogen-bond donors (Lipinski definition) is 0. The first-order valence-electron chi connectivity index (χ1n) is 8.00. The summed E-state index contributed by atoms with van der Waals surface area (Å²) >= 11 is 3.47.